The molecule has 0 unspecified atom stereocenters. The maximum absolute atomic E-state index is 12.8. The van der Waals surface area contributed by atoms with Crippen LogP contribution in [0.25, 0.3) is 111 Å². The summed E-state index contributed by atoms with van der Waals surface area (Å²) in [6, 6.07) is 50.8. The van der Waals surface area contributed by atoms with Crippen molar-refractivity contribution in [2.24, 2.45) is 0 Å². The average molecular weight is 1050 g/mol. The molecule has 0 spiro atoms. The van der Waals surface area contributed by atoms with E-state index in [9.17, 15) is 40.5 Å². The van der Waals surface area contributed by atoms with E-state index >= 15 is 0 Å². The number of nitrogens with zero attached hydrogens (tertiary/aromatic N) is 4. The van der Waals surface area contributed by atoms with E-state index in [0.717, 1.165) is 111 Å². The summed E-state index contributed by atoms with van der Waals surface area (Å²) in [7, 11) is 0. The topological polar surface area (TPSA) is 173 Å². The highest BCUT2D eigenvalue weighted by Crippen LogP contribution is 2.47. The minimum absolute atomic E-state index is 0.139. The predicted molar refractivity (Wildman–Crippen MR) is 319 cm³/mol. The van der Waals surface area contributed by atoms with E-state index in [-0.39, 0.29) is 45.0 Å². The lowest BCUT2D eigenvalue weighted by Gasteiger charge is -2.22. The van der Waals surface area contributed by atoms with E-state index in [0.29, 0.717) is 22.3 Å². The Morgan fingerprint density at radius 1 is 0.212 bits per heavy atom. The number of nitro benzene ring substituents is 4. The first-order valence-electron chi connectivity index (χ1n) is 26.1. The molecule has 38 rings (SSSR count). The third-order valence-corrected chi connectivity index (χ3v) is 16.6. The van der Waals surface area contributed by atoms with Gasteiger partial charge in [-0.2, -0.15) is 0 Å². The summed E-state index contributed by atoms with van der Waals surface area (Å²) in [6.45, 7) is 16.6. The van der Waals surface area contributed by atoms with Crippen LogP contribution in [0.2, 0.25) is 0 Å². The fourth-order valence-corrected chi connectivity index (χ4v) is 12.0. The van der Waals surface area contributed by atoms with E-state index < -0.39 is 19.7 Å². The lowest BCUT2D eigenvalue weighted by Crippen LogP contribution is -2.01. The van der Waals surface area contributed by atoms with Crippen LogP contribution in [-0.4, -0.2) is 19.7 Å². The second kappa shape index (κ2) is 20.0. The van der Waals surface area contributed by atoms with Crippen molar-refractivity contribution >= 4 is 22.7 Å². The van der Waals surface area contributed by atoms with Gasteiger partial charge in [-0.1, -0.05) is 146 Å². The van der Waals surface area contributed by atoms with Gasteiger partial charge in [-0.15, -0.1) is 0 Å². The molecule has 28 aliphatic carbocycles. The van der Waals surface area contributed by atoms with E-state index in [1.165, 1.54) is 24.3 Å². The third-order valence-electron chi connectivity index (χ3n) is 16.6. The molecule has 0 aromatic heterocycles. The number of hydrogen-bond acceptors (Lipinski definition) is 8. The molecule has 12 heteroatoms. The highest BCUT2D eigenvalue weighted by Gasteiger charge is 2.29. The monoisotopic (exact) mass is 1050 g/mol. The quantitative estimate of drug-likeness (QED) is 0.124. The molecule has 0 atom stereocenters. The Balaban J connectivity index is 1.05. The molecule has 0 fully saturated rings. The van der Waals surface area contributed by atoms with Crippen LogP contribution in [0.3, 0.4) is 0 Å². The molecule has 0 radical (unpaired) electrons. The summed E-state index contributed by atoms with van der Waals surface area (Å²) in [5.41, 5.74) is 21.5. The Hall–Kier alpha value is -10.2. The van der Waals surface area contributed by atoms with Crippen LogP contribution < -0.4 is 0 Å². The first-order valence-corrected chi connectivity index (χ1v) is 26.1. The number of hydrogen-bond donors (Lipinski definition) is 0. The number of benzene rings is 10. The van der Waals surface area contributed by atoms with Gasteiger partial charge < -0.3 is 0 Å². The van der Waals surface area contributed by atoms with Crippen molar-refractivity contribution in [2.45, 2.75) is 55.4 Å². The Bertz CT molecular complexity index is 3930. The second-order valence-corrected chi connectivity index (χ2v) is 20.8. The molecule has 0 heterocycles. The van der Waals surface area contributed by atoms with Crippen molar-refractivity contribution in [3.05, 3.63) is 255 Å². The van der Waals surface area contributed by atoms with Crippen molar-refractivity contribution in [3.63, 3.8) is 0 Å². The van der Waals surface area contributed by atoms with E-state index in [1.807, 2.05) is 72.8 Å². The molecule has 10 aromatic rings. The van der Waals surface area contributed by atoms with Gasteiger partial charge in [0.15, 0.2) is 0 Å². The van der Waals surface area contributed by atoms with Crippen LogP contribution >= 0.6 is 0 Å². The van der Waals surface area contributed by atoms with Gasteiger partial charge in [-0.3, -0.25) is 40.5 Å². The molecule has 0 N–H and O–H groups in total. The lowest BCUT2D eigenvalue weighted by atomic mass is 9.83. The summed E-state index contributed by atoms with van der Waals surface area (Å²) in [5, 5.41) is 51.2. The number of nitro groups is 4. The van der Waals surface area contributed by atoms with Crippen molar-refractivity contribution in [1.82, 2.24) is 0 Å². The van der Waals surface area contributed by atoms with Gasteiger partial charge in [0.25, 0.3) is 22.7 Å². The molecular weight excluding hydrogens is 1000 g/mol. The normalized spacial score (nSPS) is 11.4. The molecule has 0 saturated carbocycles. The van der Waals surface area contributed by atoms with Crippen molar-refractivity contribution in [3.8, 4) is 111 Å². The molecule has 392 valence electrons. The van der Waals surface area contributed by atoms with Gasteiger partial charge in [0.2, 0.25) is 0 Å². The fraction of sp³-hybridized carbons (Fsp3) is 0.118. The third kappa shape index (κ3) is 8.76. The minimum atomic E-state index is -0.491. The summed E-state index contributed by atoms with van der Waals surface area (Å²) >= 11 is 0. The molecule has 0 aliphatic heterocycles. The predicted octanol–water partition coefficient (Wildman–Crippen LogP) is 18.8. The summed E-state index contributed by atoms with van der Waals surface area (Å²) in [5.74, 6) is 0. The lowest BCUT2D eigenvalue weighted by molar-refractivity contribution is -0.388. The summed E-state index contributed by atoms with van der Waals surface area (Å²) in [4.78, 5) is 49.2. The zero-order valence-electron chi connectivity index (χ0n) is 45.2. The minimum Gasteiger partial charge on any atom is -0.258 e. The van der Waals surface area contributed by atoms with Crippen molar-refractivity contribution < 1.29 is 19.7 Å². The number of rotatable bonds is 4. The first kappa shape index (κ1) is 51.9. The maximum atomic E-state index is 12.8. The standard InChI is InChI=1S/C68H52N4O8/c1-37-41(5)67-42(6)38(2)65(37)53-25-13-47(14-26-53)45-9-17-49(18-10-45)58-34-64(72(79)80)60(36-62(58)70(75)76)52-23-31-56(32-24-52)68-43(7)39(3)66(40(4)44(68)8)54-27-15-48(16-28-54)46-11-19-50(20-12-46)57-33-63(71(77)78)59(35-61(57)69(73)74)51-21-29-55(67)30-22-51/h9-36H,1-8H3. The fourth-order valence-electron chi connectivity index (χ4n) is 12.0. The van der Waals surface area contributed by atoms with Crippen LogP contribution in [0.5, 0.6) is 0 Å². The highest BCUT2D eigenvalue weighted by atomic mass is 16.6. The van der Waals surface area contributed by atoms with Crippen molar-refractivity contribution in [2.75, 3.05) is 0 Å². The molecule has 10 aromatic carbocycles. The average Bonchev–Trinajstić information content (AvgIpc) is 3.47. The van der Waals surface area contributed by atoms with Gasteiger partial charge >= 0.3 is 0 Å². The molecule has 20 bridgehead atoms. The Kier molecular flexibility index (Phi) is 13.0. The Morgan fingerprint density at radius 3 is 0.475 bits per heavy atom. The summed E-state index contributed by atoms with van der Waals surface area (Å²) < 4.78 is 0. The molecule has 0 amide bonds. The van der Waals surface area contributed by atoms with E-state index in [1.54, 1.807) is 48.5 Å². The maximum Gasteiger partial charge on any atom is 0.278 e. The zero-order valence-corrected chi connectivity index (χ0v) is 45.2. The molecule has 28 aliphatic rings. The highest BCUT2D eigenvalue weighted by molar-refractivity contribution is 5.91. The first-order chi connectivity index (χ1) is 38.3. The molecule has 0 saturated heterocycles. The second-order valence-electron chi connectivity index (χ2n) is 20.8. The van der Waals surface area contributed by atoms with Crippen LogP contribution in [0.15, 0.2) is 170 Å². The largest absolute Gasteiger partial charge is 0.278 e. The van der Waals surface area contributed by atoms with Crippen LogP contribution in [0, 0.1) is 95.8 Å². The molecular formula is C68H52N4O8. The van der Waals surface area contributed by atoms with E-state index in [4.69, 9.17) is 0 Å². The van der Waals surface area contributed by atoms with Crippen LogP contribution in [0.4, 0.5) is 22.7 Å². The Labute approximate surface area is 461 Å². The van der Waals surface area contributed by atoms with Gasteiger partial charge in [0, 0.05) is 24.3 Å². The Morgan fingerprint density at radius 2 is 0.338 bits per heavy atom. The zero-order chi connectivity index (χ0) is 56.6. The van der Waals surface area contributed by atoms with Crippen LogP contribution in [0.1, 0.15) is 44.5 Å². The van der Waals surface area contributed by atoms with Crippen molar-refractivity contribution in [1.29, 1.82) is 0 Å². The van der Waals surface area contributed by atoms with Gasteiger partial charge in [0.1, 0.15) is 0 Å². The molecule has 80 heavy (non-hydrogen) atoms. The van der Waals surface area contributed by atoms with Crippen LogP contribution in [-0.2, 0) is 0 Å². The van der Waals surface area contributed by atoms with Gasteiger partial charge in [0.05, 0.1) is 41.9 Å². The summed E-state index contributed by atoms with van der Waals surface area (Å²) in [6.07, 6.45) is 0. The van der Waals surface area contributed by atoms with Gasteiger partial charge in [-0.25, -0.2) is 0 Å². The molecule has 12 nitrogen and oxygen atoms in total. The van der Waals surface area contributed by atoms with Gasteiger partial charge in [-0.05, 0) is 189 Å². The van der Waals surface area contributed by atoms with E-state index in [2.05, 4.69) is 79.7 Å². The smallest absolute Gasteiger partial charge is 0.258 e. The SMILES string of the molecule is Cc1c(C)c2c(C)c(C)c1-c1ccc(cc1)-c1ccc(cc1)-c1cc([N+](=O)[O-])c(cc1[N+](=O)[O-])-c1ccc(cc1)-c1c(C)c(C)c(c(C)c1C)-c1ccc(cc1)-c1ccc(cc1)-c1cc([N+](=O)[O-])c(cc1[N+](=O)[O-])-c1ccc-2cc1.